The second-order valence-corrected chi connectivity index (χ2v) is 12.9. The molecular formula is C26H31N7O3S2. The predicted octanol–water partition coefficient (Wildman–Crippen LogP) is 2.77. The molecule has 10 nitrogen and oxygen atoms in total. The number of hydrogen-bond acceptors (Lipinski definition) is 9. The van der Waals surface area contributed by atoms with Gasteiger partial charge < -0.3 is 9.64 Å². The van der Waals surface area contributed by atoms with Gasteiger partial charge in [0.2, 0.25) is 10.0 Å². The molecule has 2 fully saturated rings. The summed E-state index contributed by atoms with van der Waals surface area (Å²) in [7, 11) is -3.14. The fourth-order valence-electron chi connectivity index (χ4n) is 4.96. The molecule has 0 amide bonds. The van der Waals surface area contributed by atoms with Crippen molar-refractivity contribution in [2.24, 2.45) is 0 Å². The molecule has 0 unspecified atom stereocenters. The molecule has 200 valence electrons. The normalized spacial score (nSPS) is 17.9. The number of thiophene rings is 1. The van der Waals surface area contributed by atoms with E-state index in [1.54, 1.807) is 20.3 Å². The van der Waals surface area contributed by atoms with Gasteiger partial charge >= 0.3 is 0 Å². The number of hydrogen-bond donors (Lipinski definition) is 0. The van der Waals surface area contributed by atoms with E-state index in [1.165, 1.54) is 16.7 Å². The van der Waals surface area contributed by atoms with E-state index in [-0.39, 0.29) is 0 Å². The molecular weight excluding hydrogens is 522 g/mol. The van der Waals surface area contributed by atoms with Crippen molar-refractivity contribution >= 4 is 37.4 Å². The van der Waals surface area contributed by atoms with Gasteiger partial charge in [-0.1, -0.05) is 23.8 Å². The quantitative estimate of drug-likeness (QED) is 0.360. The molecule has 0 saturated carbocycles. The van der Waals surface area contributed by atoms with Gasteiger partial charge in [0.1, 0.15) is 0 Å². The Balaban J connectivity index is 1.31. The summed E-state index contributed by atoms with van der Waals surface area (Å²) < 4.78 is 33.7. The molecule has 0 bridgehead atoms. The molecule has 0 spiro atoms. The minimum atomic E-state index is -3.14. The number of ether oxygens (including phenoxy) is 1. The molecule has 6 rings (SSSR count). The van der Waals surface area contributed by atoms with Crippen molar-refractivity contribution in [1.82, 2.24) is 29.0 Å². The first-order chi connectivity index (χ1) is 18.3. The minimum absolute atomic E-state index is 0.523. The van der Waals surface area contributed by atoms with Crippen LogP contribution in [0.5, 0.6) is 0 Å². The van der Waals surface area contributed by atoms with Crippen LogP contribution in [0.1, 0.15) is 10.4 Å². The van der Waals surface area contributed by atoms with Crippen LogP contribution in [0, 0.1) is 6.92 Å². The smallest absolute Gasteiger partial charge is 0.253 e. The second-order valence-electron chi connectivity index (χ2n) is 9.83. The topological polar surface area (TPSA) is 96.7 Å². The third-order valence-electron chi connectivity index (χ3n) is 6.99. The second kappa shape index (κ2) is 10.3. The van der Waals surface area contributed by atoms with E-state index in [1.807, 2.05) is 18.3 Å². The van der Waals surface area contributed by atoms with E-state index in [9.17, 15) is 8.42 Å². The van der Waals surface area contributed by atoms with Crippen LogP contribution in [0.15, 0.2) is 42.6 Å². The Morgan fingerprint density at radius 2 is 1.79 bits per heavy atom. The lowest BCUT2D eigenvalue weighted by Gasteiger charge is -2.32. The first kappa shape index (κ1) is 25.4. The highest BCUT2D eigenvalue weighted by atomic mass is 32.2. The van der Waals surface area contributed by atoms with Gasteiger partial charge in [-0.15, -0.1) is 11.3 Å². The summed E-state index contributed by atoms with van der Waals surface area (Å²) in [6.45, 7) is 8.20. The Bertz CT molecular complexity index is 1550. The lowest BCUT2D eigenvalue weighted by molar-refractivity contribution is 0.122. The van der Waals surface area contributed by atoms with E-state index >= 15 is 0 Å². The maximum atomic E-state index is 11.9. The first-order valence-electron chi connectivity index (χ1n) is 12.8. The van der Waals surface area contributed by atoms with Gasteiger partial charge in [0, 0.05) is 62.5 Å². The molecule has 2 saturated heterocycles. The predicted molar refractivity (Wildman–Crippen MR) is 149 cm³/mol. The number of morpholine rings is 1. The third kappa shape index (κ3) is 5.32. The molecule has 2 aliphatic rings. The molecule has 3 aromatic heterocycles. The van der Waals surface area contributed by atoms with Crippen molar-refractivity contribution < 1.29 is 13.2 Å². The Labute approximate surface area is 226 Å². The molecule has 0 radical (unpaired) electrons. The van der Waals surface area contributed by atoms with Crippen molar-refractivity contribution in [3.8, 4) is 17.2 Å². The van der Waals surface area contributed by atoms with Gasteiger partial charge in [0.25, 0.3) is 5.95 Å². The van der Waals surface area contributed by atoms with Gasteiger partial charge in [0.15, 0.2) is 5.82 Å². The molecule has 4 aromatic rings. The maximum absolute atomic E-state index is 11.9. The lowest BCUT2D eigenvalue weighted by atomic mass is 10.1. The van der Waals surface area contributed by atoms with E-state index in [0.717, 1.165) is 46.9 Å². The Kier molecular flexibility index (Phi) is 6.91. The third-order valence-corrected chi connectivity index (χ3v) is 9.40. The standard InChI is InChI=1S/C26H31N7O3S2/c1-19-4-3-5-20(16-19)22-6-7-33(29-22)26-27-23-17-21(18-30-8-10-32(11-9-30)38(2,34)35)37-24(23)25(28-26)31-12-14-36-15-13-31/h3-7,16-17H,8-15,18H2,1-2H3. The highest BCUT2D eigenvalue weighted by molar-refractivity contribution is 7.88. The monoisotopic (exact) mass is 553 g/mol. The van der Waals surface area contributed by atoms with Crippen LogP contribution in [0.2, 0.25) is 0 Å². The summed E-state index contributed by atoms with van der Waals surface area (Å²) in [6, 6.07) is 12.4. The van der Waals surface area contributed by atoms with E-state index in [2.05, 4.69) is 41.0 Å². The summed E-state index contributed by atoms with van der Waals surface area (Å²) in [4.78, 5) is 15.7. The number of nitrogens with zero attached hydrogens (tertiary/aromatic N) is 7. The molecule has 2 aliphatic heterocycles. The molecule has 0 aliphatic carbocycles. The van der Waals surface area contributed by atoms with Crippen LogP contribution >= 0.6 is 11.3 Å². The zero-order valence-electron chi connectivity index (χ0n) is 21.6. The number of rotatable bonds is 6. The first-order valence-corrected chi connectivity index (χ1v) is 15.4. The Hall–Kier alpha value is -2.90. The summed E-state index contributed by atoms with van der Waals surface area (Å²) in [5.41, 5.74) is 4.03. The molecule has 5 heterocycles. The molecule has 0 N–H and O–H groups in total. The summed E-state index contributed by atoms with van der Waals surface area (Å²) in [5.74, 6) is 1.46. The molecule has 1 aromatic carbocycles. The number of benzene rings is 1. The van der Waals surface area contributed by atoms with Gasteiger partial charge in [0.05, 0.1) is 35.4 Å². The molecule has 0 atom stereocenters. The summed E-state index contributed by atoms with van der Waals surface area (Å²) in [5, 5.41) is 4.80. The minimum Gasteiger partial charge on any atom is -0.378 e. The SMILES string of the molecule is Cc1cccc(-c2ccn(-c3nc(N4CCOCC4)c4sc(CN5CCN(S(C)(=O)=O)CC5)cc4n3)n2)c1. The van der Waals surface area contributed by atoms with Crippen LogP contribution in [0.3, 0.4) is 0 Å². The zero-order chi connectivity index (χ0) is 26.3. The number of sulfonamides is 1. The zero-order valence-corrected chi connectivity index (χ0v) is 23.2. The fourth-order valence-corrected chi connectivity index (χ4v) is 6.94. The van der Waals surface area contributed by atoms with Crippen molar-refractivity contribution in [1.29, 1.82) is 0 Å². The number of anilines is 1. The number of fused-ring (bicyclic) bond motifs is 1. The molecule has 12 heteroatoms. The average molecular weight is 554 g/mol. The van der Waals surface area contributed by atoms with Crippen molar-refractivity contribution in [2.75, 3.05) is 63.6 Å². The van der Waals surface area contributed by atoms with Crippen molar-refractivity contribution in [3.63, 3.8) is 0 Å². The lowest BCUT2D eigenvalue weighted by Crippen LogP contribution is -2.47. The van der Waals surface area contributed by atoms with Gasteiger partial charge in [-0.25, -0.2) is 18.1 Å². The number of piperazine rings is 1. The molecule has 38 heavy (non-hydrogen) atoms. The highest BCUT2D eigenvalue weighted by Gasteiger charge is 2.25. The average Bonchev–Trinajstić information content (AvgIpc) is 3.56. The maximum Gasteiger partial charge on any atom is 0.253 e. The van der Waals surface area contributed by atoms with Crippen LogP contribution in [-0.2, 0) is 21.3 Å². The van der Waals surface area contributed by atoms with Crippen LogP contribution in [-0.4, -0.2) is 96.1 Å². The number of aromatic nitrogens is 4. The van der Waals surface area contributed by atoms with Crippen LogP contribution in [0.4, 0.5) is 5.82 Å². The Morgan fingerprint density at radius 1 is 1.00 bits per heavy atom. The van der Waals surface area contributed by atoms with Gasteiger partial charge in [-0.2, -0.15) is 14.4 Å². The summed E-state index contributed by atoms with van der Waals surface area (Å²) >= 11 is 1.71. The Morgan fingerprint density at radius 3 is 2.53 bits per heavy atom. The van der Waals surface area contributed by atoms with E-state index in [4.69, 9.17) is 19.8 Å². The van der Waals surface area contributed by atoms with E-state index < -0.39 is 10.0 Å². The highest BCUT2D eigenvalue weighted by Crippen LogP contribution is 2.34. The fraction of sp³-hybridized carbons (Fsp3) is 0.423. The van der Waals surface area contributed by atoms with Crippen LogP contribution in [0.25, 0.3) is 27.4 Å². The van der Waals surface area contributed by atoms with Crippen molar-refractivity contribution in [2.45, 2.75) is 13.5 Å². The van der Waals surface area contributed by atoms with E-state index in [0.29, 0.717) is 45.3 Å². The largest absolute Gasteiger partial charge is 0.378 e. The summed E-state index contributed by atoms with van der Waals surface area (Å²) in [6.07, 6.45) is 3.19. The van der Waals surface area contributed by atoms with Crippen LogP contribution < -0.4 is 4.90 Å². The number of aryl methyl sites for hydroxylation is 1. The van der Waals surface area contributed by atoms with Gasteiger partial charge in [-0.3, -0.25) is 4.90 Å². The van der Waals surface area contributed by atoms with Gasteiger partial charge in [-0.05, 0) is 25.1 Å². The van der Waals surface area contributed by atoms with Crippen molar-refractivity contribution in [3.05, 3.63) is 53.0 Å².